The van der Waals surface area contributed by atoms with Gasteiger partial charge in [-0.3, -0.25) is 0 Å². The van der Waals surface area contributed by atoms with Crippen molar-refractivity contribution in [2.24, 2.45) is 0 Å². The fraction of sp³-hybridized carbons (Fsp3) is 0.167. The summed E-state index contributed by atoms with van der Waals surface area (Å²) in [5.41, 5.74) is 12.7. The fourth-order valence-corrected chi connectivity index (χ4v) is 1.91. The average molecular weight is 265 g/mol. The first kappa shape index (κ1) is 12.4. The maximum Gasteiger partial charge on any atom is 0.223 e. The Kier molecular flexibility index (Phi) is 3.53. The fourth-order valence-electron chi connectivity index (χ4n) is 1.62. The van der Waals surface area contributed by atoms with E-state index in [0.29, 0.717) is 12.2 Å². The normalized spacial score (nSPS) is 10.3. The average Bonchev–Trinajstić information content (AvgIpc) is 2.30. The van der Waals surface area contributed by atoms with Gasteiger partial charge in [0.2, 0.25) is 5.95 Å². The van der Waals surface area contributed by atoms with Crippen LogP contribution in [0, 0.1) is 0 Å². The van der Waals surface area contributed by atoms with E-state index in [1.807, 2.05) is 31.2 Å². The molecule has 0 spiro atoms. The minimum atomic E-state index is 0.0622. The Bertz CT molecular complexity index is 533. The monoisotopic (exact) mass is 264 g/mol. The summed E-state index contributed by atoms with van der Waals surface area (Å²) >= 11 is 6.03. The van der Waals surface area contributed by atoms with Gasteiger partial charge in [-0.1, -0.05) is 23.7 Å². The highest BCUT2D eigenvalue weighted by Gasteiger charge is 2.11. The highest BCUT2D eigenvalue weighted by Crippen LogP contribution is 2.32. The molecule has 0 aliphatic rings. The number of benzene rings is 1. The summed E-state index contributed by atoms with van der Waals surface area (Å²) in [7, 11) is 0. The van der Waals surface area contributed by atoms with Crippen molar-refractivity contribution in [2.45, 2.75) is 6.92 Å². The zero-order valence-corrected chi connectivity index (χ0v) is 10.6. The maximum atomic E-state index is 6.03. The number of anilines is 2. The van der Waals surface area contributed by atoms with E-state index in [1.165, 1.54) is 0 Å². The predicted octanol–water partition coefficient (Wildman–Crippen LogP) is 2.36. The molecule has 4 N–H and O–H groups in total. The van der Waals surface area contributed by atoms with Gasteiger partial charge >= 0.3 is 0 Å². The zero-order valence-electron chi connectivity index (χ0n) is 9.85. The van der Waals surface area contributed by atoms with Gasteiger partial charge in [0.15, 0.2) is 0 Å². The lowest BCUT2D eigenvalue weighted by Gasteiger charge is -2.09. The number of nitrogens with two attached hydrogens (primary N) is 2. The van der Waals surface area contributed by atoms with Crippen molar-refractivity contribution in [3.05, 3.63) is 29.4 Å². The summed E-state index contributed by atoms with van der Waals surface area (Å²) in [6.45, 7) is 2.55. The second-order valence-electron chi connectivity index (χ2n) is 3.59. The first-order chi connectivity index (χ1) is 8.61. The Labute approximate surface area is 110 Å². The van der Waals surface area contributed by atoms with Gasteiger partial charge < -0.3 is 16.2 Å². The molecule has 0 saturated carbocycles. The minimum absolute atomic E-state index is 0.0622. The van der Waals surface area contributed by atoms with E-state index in [1.54, 1.807) is 0 Å². The molecule has 6 heteroatoms. The van der Waals surface area contributed by atoms with Crippen molar-refractivity contribution in [3.63, 3.8) is 0 Å². The van der Waals surface area contributed by atoms with Crippen molar-refractivity contribution < 1.29 is 4.74 Å². The molecule has 2 rings (SSSR count). The molecular weight excluding hydrogens is 252 g/mol. The van der Waals surface area contributed by atoms with Crippen LogP contribution >= 0.6 is 11.6 Å². The Balaban J connectivity index is 2.42. The third-order valence-electron chi connectivity index (χ3n) is 2.36. The van der Waals surface area contributed by atoms with E-state index in [-0.39, 0.29) is 16.9 Å². The van der Waals surface area contributed by atoms with Gasteiger partial charge in [-0.25, -0.2) is 4.98 Å². The third-order valence-corrected chi connectivity index (χ3v) is 2.64. The zero-order chi connectivity index (χ0) is 13.1. The van der Waals surface area contributed by atoms with Crippen LogP contribution < -0.4 is 16.2 Å². The Morgan fingerprint density at radius 3 is 2.39 bits per heavy atom. The molecule has 1 aromatic carbocycles. The van der Waals surface area contributed by atoms with Crippen LogP contribution in [0.5, 0.6) is 5.75 Å². The topological polar surface area (TPSA) is 87.0 Å². The number of halogens is 1. The molecule has 0 amide bonds. The van der Waals surface area contributed by atoms with Crippen molar-refractivity contribution in [1.29, 1.82) is 0 Å². The molecule has 94 valence electrons. The summed E-state index contributed by atoms with van der Waals surface area (Å²) < 4.78 is 5.36. The molecular formula is C12H13ClN4O. The number of aromatic nitrogens is 2. The van der Waals surface area contributed by atoms with Gasteiger partial charge in [-0.2, -0.15) is 4.98 Å². The Morgan fingerprint density at radius 1 is 1.17 bits per heavy atom. The summed E-state index contributed by atoms with van der Waals surface area (Å²) in [5.74, 6) is 1.11. The predicted molar refractivity (Wildman–Crippen MR) is 72.5 cm³/mol. The van der Waals surface area contributed by atoms with E-state index in [9.17, 15) is 0 Å². The van der Waals surface area contributed by atoms with Crippen LogP contribution in [0.3, 0.4) is 0 Å². The van der Waals surface area contributed by atoms with E-state index >= 15 is 0 Å². The van der Waals surface area contributed by atoms with E-state index in [0.717, 1.165) is 11.3 Å². The standard InChI is InChI=1S/C12H13ClN4O/c1-2-18-8-5-3-7(4-6-8)9-10(13)16-12(15)17-11(9)14/h3-6H,2H2,1H3,(H4,14,15,16,17). The molecule has 1 aromatic heterocycles. The molecule has 0 atom stereocenters. The highest BCUT2D eigenvalue weighted by molar-refractivity contribution is 6.32. The minimum Gasteiger partial charge on any atom is -0.494 e. The van der Waals surface area contributed by atoms with Gasteiger partial charge in [-0.15, -0.1) is 0 Å². The van der Waals surface area contributed by atoms with E-state index < -0.39 is 0 Å². The van der Waals surface area contributed by atoms with Crippen LogP contribution in [0.15, 0.2) is 24.3 Å². The summed E-state index contributed by atoms with van der Waals surface area (Å²) in [5, 5.41) is 0.240. The smallest absolute Gasteiger partial charge is 0.223 e. The third kappa shape index (κ3) is 2.46. The lowest BCUT2D eigenvalue weighted by atomic mass is 10.1. The van der Waals surface area contributed by atoms with Crippen LogP contribution in [-0.4, -0.2) is 16.6 Å². The molecule has 1 heterocycles. The maximum absolute atomic E-state index is 6.03. The molecule has 0 radical (unpaired) electrons. The second kappa shape index (κ2) is 5.10. The molecule has 5 nitrogen and oxygen atoms in total. The molecule has 0 bridgehead atoms. The first-order valence-electron chi connectivity index (χ1n) is 5.43. The van der Waals surface area contributed by atoms with Gasteiger partial charge in [0.25, 0.3) is 0 Å². The molecule has 18 heavy (non-hydrogen) atoms. The van der Waals surface area contributed by atoms with Crippen LogP contribution in [0.2, 0.25) is 5.15 Å². The number of hydrogen-bond acceptors (Lipinski definition) is 5. The summed E-state index contributed by atoms with van der Waals surface area (Å²) in [4.78, 5) is 7.79. The van der Waals surface area contributed by atoms with Crippen molar-refractivity contribution >= 4 is 23.4 Å². The molecule has 0 fully saturated rings. The van der Waals surface area contributed by atoms with E-state index in [2.05, 4.69) is 9.97 Å². The van der Waals surface area contributed by atoms with Crippen molar-refractivity contribution in [1.82, 2.24) is 9.97 Å². The summed E-state index contributed by atoms with van der Waals surface area (Å²) in [6.07, 6.45) is 0. The van der Waals surface area contributed by atoms with Crippen molar-refractivity contribution in [2.75, 3.05) is 18.1 Å². The number of hydrogen-bond donors (Lipinski definition) is 2. The van der Waals surface area contributed by atoms with Gasteiger partial charge in [0.05, 0.1) is 12.2 Å². The van der Waals surface area contributed by atoms with E-state index in [4.69, 9.17) is 27.8 Å². The number of nitrogens with zero attached hydrogens (tertiary/aromatic N) is 2. The quantitative estimate of drug-likeness (QED) is 0.831. The lowest BCUT2D eigenvalue weighted by molar-refractivity contribution is 0.340. The molecule has 0 aliphatic carbocycles. The van der Waals surface area contributed by atoms with Crippen LogP contribution in [0.25, 0.3) is 11.1 Å². The van der Waals surface area contributed by atoms with Gasteiger partial charge in [0.1, 0.15) is 16.7 Å². The largest absolute Gasteiger partial charge is 0.494 e. The van der Waals surface area contributed by atoms with Gasteiger partial charge in [0, 0.05) is 0 Å². The van der Waals surface area contributed by atoms with Gasteiger partial charge in [-0.05, 0) is 24.6 Å². The molecule has 0 aliphatic heterocycles. The lowest BCUT2D eigenvalue weighted by Crippen LogP contribution is -2.02. The SMILES string of the molecule is CCOc1ccc(-c2c(N)nc(N)nc2Cl)cc1. The van der Waals surface area contributed by atoms with Crippen LogP contribution in [0.1, 0.15) is 6.92 Å². The molecule has 2 aromatic rings. The summed E-state index contributed by atoms with van der Waals surface area (Å²) in [6, 6.07) is 7.38. The van der Waals surface area contributed by atoms with Crippen LogP contribution in [-0.2, 0) is 0 Å². The molecule has 0 saturated heterocycles. The number of ether oxygens (including phenoxy) is 1. The highest BCUT2D eigenvalue weighted by atomic mass is 35.5. The van der Waals surface area contributed by atoms with Crippen LogP contribution in [0.4, 0.5) is 11.8 Å². The second-order valence-corrected chi connectivity index (χ2v) is 3.95. The Morgan fingerprint density at radius 2 is 1.83 bits per heavy atom. The first-order valence-corrected chi connectivity index (χ1v) is 5.81. The number of rotatable bonds is 3. The Hall–Kier alpha value is -2.01. The molecule has 0 unspecified atom stereocenters. The number of nitrogen functional groups attached to an aromatic ring is 2. The van der Waals surface area contributed by atoms with Crippen molar-refractivity contribution in [3.8, 4) is 16.9 Å².